The molecule has 0 heterocycles. The first-order valence-electron chi connectivity index (χ1n) is 3.57. The molecule has 1 atom stereocenters. The fraction of sp³-hybridized carbons (Fsp3) is 0.625. The first kappa shape index (κ1) is 11.3. The molecule has 0 fully saturated rings. The lowest BCUT2D eigenvalue weighted by molar-refractivity contribution is -0.171. The van der Waals surface area contributed by atoms with E-state index in [2.05, 4.69) is 0 Å². The Bertz CT molecular complexity index is 160. The van der Waals surface area contributed by atoms with Crippen molar-refractivity contribution in [3.63, 3.8) is 0 Å². The standard InChI is InChI=1S/C8H14O4/c1-4-5-6(9)7(10)8(11-2)12-3/h4-5,7-8,10H,1-3H3. The minimum absolute atomic E-state index is 0.425. The van der Waals surface area contributed by atoms with Crippen molar-refractivity contribution in [3.8, 4) is 0 Å². The van der Waals surface area contributed by atoms with Crippen LogP contribution in [0.5, 0.6) is 0 Å². The number of methoxy groups -OCH3 is 2. The molecule has 0 rings (SSSR count). The Kier molecular flexibility index (Phi) is 5.53. The first-order chi connectivity index (χ1) is 5.67. The fourth-order valence-corrected chi connectivity index (χ4v) is 0.751. The molecule has 4 heteroatoms. The van der Waals surface area contributed by atoms with E-state index in [0.29, 0.717) is 0 Å². The summed E-state index contributed by atoms with van der Waals surface area (Å²) in [5.41, 5.74) is 0. The van der Waals surface area contributed by atoms with Gasteiger partial charge < -0.3 is 14.6 Å². The third-order valence-electron chi connectivity index (χ3n) is 1.34. The lowest BCUT2D eigenvalue weighted by atomic mass is 10.2. The van der Waals surface area contributed by atoms with Gasteiger partial charge in [0.05, 0.1) is 0 Å². The number of aliphatic hydroxyl groups is 1. The summed E-state index contributed by atoms with van der Waals surface area (Å²) in [6, 6.07) is 0. The average molecular weight is 174 g/mol. The molecular formula is C8H14O4. The van der Waals surface area contributed by atoms with Gasteiger partial charge in [0.25, 0.3) is 0 Å². The molecule has 0 radical (unpaired) electrons. The molecule has 0 aromatic rings. The SMILES string of the molecule is CC=CC(=O)C(O)C(OC)OC. The van der Waals surface area contributed by atoms with E-state index >= 15 is 0 Å². The molecule has 70 valence electrons. The van der Waals surface area contributed by atoms with Crippen molar-refractivity contribution in [1.82, 2.24) is 0 Å². The first-order valence-corrected chi connectivity index (χ1v) is 3.57. The molecule has 0 aromatic carbocycles. The number of hydrogen-bond acceptors (Lipinski definition) is 4. The van der Waals surface area contributed by atoms with Crippen LogP contribution in [0.2, 0.25) is 0 Å². The third-order valence-corrected chi connectivity index (χ3v) is 1.34. The summed E-state index contributed by atoms with van der Waals surface area (Å²) in [5.74, 6) is -0.425. The quantitative estimate of drug-likeness (QED) is 0.475. The van der Waals surface area contributed by atoms with Crippen molar-refractivity contribution in [2.45, 2.75) is 19.3 Å². The van der Waals surface area contributed by atoms with E-state index in [9.17, 15) is 9.90 Å². The number of aliphatic hydroxyl groups excluding tert-OH is 1. The molecule has 0 spiro atoms. The number of hydrogen-bond donors (Lipinski definition) is 1. The molecule has 0 saturated carbocycles. The smallest absolute Gasteiger partial charge is 0.190 e. The van der Waals surface area contributed by atoms with Gasteiger partial charge in [-0.15, -0.1) is 0 Å². The van der Waals surface area contributed by atoms with E-state index in [1.54, 1.807) is 13.0 Å². The van der Waals surface area contributed by atoms with E-state index in [4.69, 9.17) is 9.47 Å². The highest BCUT2D eigenvalue weighted by molar-refractivity contribution is 5.93. The second-order valence-electron chi connectivity index (χ2n) is 2.19. The maximum absolute atomic E-state index is 11.0. The summed E-state index contributed by atoms with van der Waals surface area (Å²) in [7, 11) is 2.72. The lowest BCUT2D eigenvalue weighted by Crippen LogP contribution is -2.35. The number of ketones is 1. The van der Waals surface area contributed by atoms with Crippen LogP contribution in [0, 0.1) is 0 Å². The molecule has 1 unspecified atom stereocenters. The van der Waals surface area contributed by atoms with Crippen LogP contribution in [0.15, 0.2) is 12.2 Å². The number of carbonyl (C=O) groups excluding carboxylic acids is 1. The molecule has 0 saturated heterocycles. The Morgan fingerprint density at radius 3 is 2.25 bits per heavy atom. The van der Waals surface area contributed by atoms with Crippen LogP contribution in [-0.2, 0) is 14.3 Å². The maximum Gasteiger partial charge on any atom is 0.190 e. The van der Waals surface area contributed by atoms with Crippen LogP contribution in [0.25, 0.3) is 0 Å². The number of carbonyl (C=O) groups is 1. The molecule has 12 heavy (non-hydrogen) atoms. The Morgan fingerprint density at radius 2 is 1.92 bits per heavy atom. The number of ether oxygens (including phenoxy) is 2. The highest BCUT2D eigenvalue weighted by atomic mass is 16.7. The molecule has 0 aliphatic carbocycles. The van der Waals surface area contributed by atoms with Gasteiger partial charge in [0.2, 0.25) is 0 Å². The molecular weight excluding hydrogens is 160 g/mol. The number of allylic oxidation sites excluding steroid dienone is 1. The summed E-state index contributed by atoms with van der Waals surface area (Å²) in [5, 5.41) is 9.26. The zero-order chi connectivity index (χ0) is 9.56. The predicted molar refractivity (Wildman–Crippen MR) is 43.6 cm³/mol. The van der Waals surface area contributed by atoms with Crippen LogP contribution in [0.1, 0.15) is 6.92 Å². The van der Waals surface area contributed by atoms with Gasteiger partial charge in [-0.05, 0) is 13.0 Å². The zero-order valence-electron chi connectivity index (χ0n) is 7.48. The molecule has 0 aliphatic rings. The van der Waals surface area contributed by atoms with Crippen LogP contribution < -0.4 is 0 Å². The van der Waals surface area contributed by atoms with Crippen LogP contribution in [0.4, 0.5) is 0 Å². The van der Waals surface area contributed by atoms with E-state index in [0.717, 1.165) is 0 Å². The predicted octanol–water partition coefficient (Wildman–Crippen LogP) is 0.111. The van der Waals surface area contributed by atoms with Crippen LogP contribution in [-0.4, -0.2) is 37.5 Å². The van der Waals surface area contributed by atoms with Crippen molar-refractivity contribution in [1.29, 1.82) is 0 Å². The average Bonchev–Trinajstić information content (AvgIpc) is 2.07. The second kappa shape index (κ2) is 5.88. The van der Waals surface area contributed by atoms with E-state index in [1.807, 2.05) is 0 Å². The van der Waals surface area contributed by atoms with E-state index in [1.165, 1.54) is 20.3 Å². The minimum Gasteiger partial charge on any atom is -0.380 e. The van der Waals surface area contributed by atoms with Gasteiger partial charge in [-0.3, -0.25) is 4.79 Å². The van der Waals surface area contributed by atoms with Gasteiger partial charge in [0, 0.05) is 14.2 Å². The van der Waals surface area contributed by atoms with Crippen LogP contribution in [0.3, 0.4) is 0 Å². The summed E-state index contributed by atoms with van der Waals surface area (Å²) < 4.78 is 9.40. The third kappa shape index (κ3) is 3.13. The largest absolute Gasteiger partial charge is 0.380 e. The van der Waals surface area contributed by atoms with Crippen molar-refractivity contribution >= 4 is 5.78 Å². The molecule has 0 aromatic heterocycles. The fourth-order valence-electron chi connectivity index (χ4n) is 0.751. The van der Waals surface area contributed by atoms with Gasteiger partial charge in [-0.1, -0.05) is 6.08 Å². The van der Waals surface area contributed by atoms with Crippen molar-refractivity contribution in [2.24, 2.45) is 0 Å². The molecule has 0 amide bonds. The minimum atomic E-state index is -1.25. The molecule has 0 bridgehead atoms. The Hall–Kier alpha value is -0.710. The van der Waals surface area contributed by atoms with Crippen LogP contribution >= 0.6 is 0 Å². The van der Waals surface area contributed by atoms with Gasteiger partial charge in [0.1, 0.15) is 0 Å². The van der Waals surface area contributed by atoms with Crippen molar-refractivity contribution in [2.75, 3.05) is 14.2 Å². The highest BCUT2D eigenvalue weighted by Gasteiger charge is 2.23. The molecule has 4 nitrogen and oxygen atoms in total. The lowest BCUT2D eigenvalue weighted by Gasteiger charge is -2.17. The van der Waals surface area contributed by atoms with Gasteiger partial charge >= 0.3 is 0 Å². The highest BCUT2D eigenvalue weighted by Crippen LogP contribution is 2.01. The topological polar surface area (TPSA) is 55.8 Å². The van der Waals surface area contributed by atoms with Gasteiger partial charge in [-0.25, -0.2) is 0 Å². The second-order valence-corrected chi connectivity index (χ2v) is 2.19. The summed E-state index contributed by atoms with van der Waals surface area (Å²) >= 11 is 0. The van der Waals surface area contributed by atoms with Crippen molar-refractivity contribution in [3.05, 3.63) is 12.2 Å². The Morgan fingerprint density at radius 1 is 1.42 bits per heavy atom. The summed E-state index contributed by atoms with van der Waals surface area (Å²) in [4.78, 5) is 11.0. The van der Waals surface area contributed by atoms with E-state index < -0.39 is 18.2 Å². The zero-order valence-corrected chi connectivity index (χ0v) is 7.48. The van der Waals surface area contributed by atoms with Crippen molar-refractivity contribution < 1.29 is 19.4 Å². The monoisotopic (exact) mass is 174 g/mol. The normalized spacial score (nSPS) is 14.1. The molecule has 1 N–H and O–H groups in total. The Labute approximate surface area is 71.8 Å². The maximum atomic E-state index is 11.0. The summed E-state index contributed by atoms with van der Waals surface area (Å²) in [6.07, 6.45) is 0.675. The van der Waals surface area contributed by atoms with Gasteiger partial charge in [0.15, 0.2) is 18.2 Å². The number of rotatable bonds is 5. The molecule has 0 aliphatic heterocycles. The Balaban J connectivity index is 4.15. The van der Waals surface area contributed by atoms with E-state index in [-0.39, 0.29) is 0 Å². The summed E-state index contributed by atoms with van der Waals surface area (Å²) in [6.45, 7) is 1.69. The van der Waals surface area contributed by atoms with Gasteiger partial charge in [-0.2, -0.15) is 0 Å².